The Morgan fingerprint density at radius 3 is 1.22 bits per heavy atom. The predicted octanol–water partition coefficient (Wildman–Crippen LogP) is 18.2. The summed E-state index contributed by atoms with van der Waals surface area (Å²) < 4.78 is 17.6. The number of hydrogen-bond donors (Lipinski definition) is 6. The van der Waals surface area contributed by atoms with Gasteiger partial charge in [0, 0.05) is 6.42 Å². The molecule has 0 aromatic rings. The molecule has 11 nitrogen and oxygen atoms in total. The van der Waals surface area contributed by atoms with Gasteiger partial charge in [0.15, 0.2) is 12.4 Å². The molecule has 0 aliphatic carbocycles. The second-order valence-electron chi connectivity index (χ2n) is 24.3. The van der Waals surface area contributed by atoms with Crippen molar-refractivity contribution < 1.29 is 49.3 Å². The summed E-state index contributed by atoms with van der Waals surface area (Å²) >= 11 is 0. The first-order chi connectivity index (χ1) is 42.2. The largest absolute Gasteiger partial charge is 0.454 e. The van der Waals surface area contributed by atoms with Crippen LogP contribution in [0.15, 0.2) is 97.2 Å². The topological polar surface area (TPSA) is 175 Å². The van der Waals surface area contributed by atoms with E-state index in [-0.39, 0.29) is 19.4 Å². The van der Waals surface area contributed by atoms with Gasteiger partial charge in [0.05, 0.1) is 25.4 Å². The Labute approximate surface area is 526 Å². The van der Waals surface area contributed by atoms with E-state index in [1.807, 2.05) is 6.08 Å². The highest BCUT2D eigenvalue weighted by atomic mass is 16.7. The molecule has 11 heteroatoms. The Kier molecular flexibility index (Phi) is 57.9. The van der Waals surface area contributed by atoms with Gasteiger partial charge in [0.1, 0.15) is 24.4 Å². The molecule has 8 unspecified atom stereocenters. The van der Waals surface area contributed by atoms with Crippen LogP contribution >= 0.6 is 0 Å². The summed E-state index contributed by atoms with van der Waals surface area (Å²) in [6.45, 7) is 5.74. The molecule has 0 spiro atoms. The zero-order chi connectivity index (χ0) is 62.4. The number of rotatable bonds is 60. The van der Waals surface area contributed by atoms with E-state index in [0.29, 0.717) is 12.8 Å². The third-order valence-corrected chi connectivity index (χ3v) is 16.2. The average molecular weight is 1210 g/mol. The fraction of sp³-hybridized carbons (Fsp3) is 0.760. The fourth-order valence-corrected chi connectivity index (χ4v) is 10.6. The number of ether oxygens (including phenoxy) is 3. The number of esters is 1. The maximum Gasteiger partial charge on any atom is 0.306 e. The fourth-order valence-electron chi connectivity index (χ4n) is 10.6. The van der Waals surface area contributed by atoms with Crippen LogP contribution in [0.2, 0.25) is 0 Å². The number of aliphatic hydroxyl groups is 5. The van der Waals surface area contributed by atoms with Crippen LogP contribution in [-0.4, -0.2) is 99.6 Å². The van der Waals surface area contributed by atoms with Crippen LogP contribution in [0.25, 0.3) is 0 Å². The molecule has 1 saturated heterocycles. The van der Waals surface area contributed by atoms with Gasteiger partial charge in [-0.3, -0.25) is 9.59 Å². The van der Waals surface area contributed by atoms with Gasteiger partial charge in [-0.05, 0) is 109 Å². The van der Waals surface area contributed by atoms with E-state index >= 15 is 0 Å². The van der Waals surface area contributed by atoms with Crippen molar-refractivity contribution in [1.29, 1.82) is 0 Å². The number of hydrogen-bond acceptors (Lipinski definition) is 10. The van der Waals surface area contributed by atoms with Crippen LogP contribution in [0.5, 0.6) is 0 Å². The average Bonchev–Trinajstić information content (AvgIpc) is 3.01. The van der Waals surface area contributed by atoms with Crippen molar-refractivity contribution in [3.05, 3.63) is 97.2 Å². The number of aliphatic hydroxyl groups excluding tert-OH is 5. The van der Waals surface area contributed by atoms with Gasteiger partial charge in [-0.15, -0.1) is 0 Å². The van der Waals surface area contributed by atoms with Crippen LogP contribution < -0.4 is 5.32 Å². The second kappa shape index (κ2) is 61.8. The Morgan fingerprint density at radius 2 is 0.802 bits per heavy atom. The Bertz CT molecular complexity index is 1770. The van der Waals surface area contributed by atoms with Crippen LogP contribution in [0.1, 0.15) is 303 Å². The van der Waals surface area contributed by atoms with Crippen LogP contribution in [0.4, 0.5) is 0 Å². The summed E-state index contributed by atoms with van der Waals surface area (Å²) in [6.07, 6.45) is 73.0. The number of amides is 1. The molecule has 1 amide bonds. The first kappa shape index (κ1) is 80.6. The van der Waals surface area contributed by atoms with E-state index in [1.54, 1.807) is 6.08 Å². The molecule has 0 bridgehead atoms. The van der Waals surface area contributed by atoms with E-state index in [0.717, 1.165) is 89.9 Å². The monoisotopic (exact) mass is 1210 g/mol. The summed E-state index contributed by atoms with van der Waals surface area (Å²) in [5, 5.41) is 57.2. The summed E-state index contributed by atoms with van der Waals surface area (Å²) in [5.74, 6) is -1.23. The van der Waals surface area contributed by atoms with Crippen molar-refractivity contribution in [2.45, 2.75) is 352 Å². The standard InChI is InChI=1S/C75H131NO10/c1-4-7-10-13-16-19-22-25-27-29-31-32-33-34-35-36-37-39-40-42-44-47-50-53-56-59-62-68(79)74(83)76-66(67(78)61-58-55-52-49-46-24-21-18-15-12-9-6-3)65-84-75-73(72(82)71(81)69(64-77)85-75)86-70(80)63-60-57-54-51-48-45-43-41-38-30-28-26-23-20-17-14-11-8-5-2/h16-17,19-20,25-28,31-32,38,41,45,48,58,61,66-69,71-73,75,77-79,81-82H,4-15,18,21-24,29-30,33-37,39-40,42-44,46-47,49-57,59-60,62-65H2,1-3H3,(H,76,83)/b19-16-,20-17-,27-25-,28-26-,32-31-,41-38-,48-45-,61-58+. The quantitative estimate of drug-likeness (QED) is 0.0195. The van der Waals surface area contributed by atoms with E-state index in [9.17, 15) is 35.1 Å². The van der Waals surface area contributed by atoms with Crippen molar-refractivity contribution in [2.24, 2.45) is 0 Å². The molecule has 0 radical (unpaired) electrons. The van der Waals surface area contributed by atoms with E-state index in [1.165, 1.54) is 167 Å². The first-order valence-corrected chi connectivity index (χ1v) is 35.5. The predicted molar refractivity (Wildman–Crippen MR) is 361 cm³/mol. The van der Waals surface area contributed by atoms with Gasteiger partial charge in [-0.25, -0.2) is 0 Å². The number of allylic oxidation sites excluding steroid dienone is 15. The maximum atomic E-state index is 13.5. The Morgan fingerprint density at radius 1 is 0.453 bits per heavy atom. The molecule has 1 aliphatic rings. The lowest BCUT2D eigenvalue weighted by molar-refractivity contribution is -0.305. The summed E-state index contributed by atoms with van der Waals surface area (Å²) in [6, 6.07) is -1.04. The SMILES string of the molecule is CCCCC/C=C\C/C=C\C/C=C\C/C=C\CCCCCC(=O)OC1C(OCC(NC(=O)C(O)CCCCCCCCCCCCCCC/C=C\C/C=C\C/C=C\CCCCC)C(O)/C=C/CCCCCCCCCCCC)OC(CO)C(O)C1O. The van der Waals surface area contributed by atoms with Gasteiger partial charge < -0.3 is 45.1 Å². The smallest absolute Gasteiger partial charge is 0.306 e. The highest BCUT2D eigenvalue weighted by Gasteiger charge is 2.47. The molecule has 8 atom stereocenters. The minimum atomic E-state index is -1.63. The van der Waals surface area contributed by atoms with Gasteiger partial charge in [-0.1, -0.05) is 285 Å². The van der Waals surface area contributed by atoms with Gasteiger partial charge >= 0.3 is 5.97 Å². The molecule has 1 fully saturated rings. The van der Waals surface area contributed by atoms with E-state index in [4.69, 9.17) is 14.2 Å². The molecular formula is C75H131NO10. The zero-order valence-corrected chi connectivity index (χ0v) is 55.2. The lowest BCUT2D eigenvalue weighted by atomic mass is 9.99. The number of carbonyl (C=O) groups is 2. The molecule has 0 saturated carbocycles. The Balaban J connectivity index is 2.59. The van der Waals surface area contributed by atoms with Gasteiger partial charge in [0.25, 0.3) is 0 Å². The van der Waals surface area contributed by atoms with E-state index < -0.39 is 67.4 Å². The van der Waals surface area contributed by atoms with Crippen molar-refractivity contribution in [2.75, 3.05) is 13.2 Å². The second-order valence-corrected chi connectivity index (χ2v) is 24.3. The third kappa shape index (κ3) is 48.5. The molecule has 496 valence electrons. The van der Waals surface area contributed by atoms with Crippen LogP contribution in [0, 0.1) is 0 Å². The molecular weight excluding hydrogens is 1070 g/mol. The summed E-state index contributed by atoms with van der Waals surface area (Å²) in [4.78, 5) is 26.7. The van der Waals surface area contributed by atoms with Crippen LogP contribution in [-0.2, 0) is 23.8 Å². The normalized spacial score (nSPS) is 18.9. The van der Waals surface area contributed by atoms with Crippen LogP contribution in [0.3, 0.4) is 0 Å². The molecule has 86 heavy (non-hydrogen) atoms. The van der Waals surface area contributed by atoms with Crippen molar-refractivity contribution in [1.82, 2.24) is 5.32 Å². The summed E-state index contributed by atoms with van der Waals surface area (Å²) in [7, 11) is 0. The minimum Gasteiger partial charge on any atom is -0.454 e. The molecule has 0 aromatic carbocycles. The van der Waals surface area contributed by atoms with Crippen molar-refractivity contribution >= 4 is 11.9 Å². The van der Waals surface area contributed by atoms with E-state index in [2.05, 4.69) is 111 Å². The van der Waals surface area contributed by atoms with Crippen molar-refractivity contribution in [3.63, 3.8) is 0 Å². The molecule has 1 rings (SSSR count). The molecule has 1 heterocycles. The van der Waals surface area contributed by atoms with Gasteiger partial charge in [-0.2, -0.15) is 0 Å². The zero-order valence-electron chi connectivity index (χ0n) is 55.2. The maximum absolute atomic E-state index is 13.5. The molecule has 0 aromatic heterocycles. The molecule has 1 aliphatic heterocycles. The molecule has 6 N–H and O–H groups in total. The Hall–Kier alpha value is -3.42. The van der Waals surface area contributed by atoms with Gasteiger partial charge in [0.2, 0.25) is 5.91 Å². The minimum absolute atomic E-state index is 0.0829. The third-order valence-electron chi connectivity index (χ3n) is 16.2. The lowest BCUT2D eigenvalue weighted by Crippen LogP contribution is -2.61. The van der Waals surface area contributed by atoms with Crippen molar-refractivity contribution in [3.8, 4) is 0 Å². The first-order valence-electron chi connectivity index (χ1n) is 35.5. The number of unbranched alkanes of at least 4 members (excludes halogenated alkanes) is 32. The summed E-state index contributed by atoms with van der Waals surface area (Å²) in [5.41, 5.74) is 0. The number of nitrogens with one attached hydrogen (secondary N) is 1. The highest BCUT2D eigenvalue weighted by molar-refractivity contribution is 5.80. The highest BCUT2D eigenvalue weighted by Crippen LogP contribution is 2.26. The lowest BCUT2D eigenvalue weighted by Gasteiger charge is -2.41. The number of carbonyl (C=O) groups excluding carboxylic acids is 2.